The summed E-state index contributed by atoms with van der Waals surface area (Å²) in [6, 6.07) is 6.89. The van der Waals surface area contributed by atoms with Gasteiger partial charge in [-0.1, -0.05) is 12.1 Å². The molecule has 2 atom stereocenters. The van der Waals surface area contributed by atoms with Crippen molar-refractivity contribution in [2.45, 2.75) is 33.2 Å². The number of amides is 1. The Bertz CT molecular complexity index is 455. The zero-order chi connectivity index (χ0) is 15.1. The molecule has 0 aliphatic carbocycles. The van der Waals surface area contributed by atoms with E-state index in [1.165, 1.54) is 0 Å². The van der Waals surface area contributed by atoms with E-state index in [0.29, 0.717) is 6.61 Å². The summed E-state index contributed by atoms with van der Waals surface area (Å²) in [5.41, 5.74) is 0.862. The van der Waals surface area contributed by atoms with Crippen LogP contribution in [0, 0.1) is 5.92 Å². The minimum atomic E-state index is -0.918. The van der Waals surface area contributed by atoms with Crippen molar-refractivity contribution in [1.29, 1.82) is 0 Å². The molecule has 0 radical (unpaired) electrons. The average molecular weight is 279 g/mol. The highest BCUT2D eigenvalue weighted by molar-refractivity contribution is 5.80. The maximum Gasteiger partial charge on any atom is 0.308 e. The molecular formula is C15H21NO4. The van der Waals surface area contributed by atoms with Crippen molar-refractivity contribution in [2.24, 2.45) is 5.92 Å². The van der Waals surface area contributed by atoms with Crippen molar-refractivity contribution in [2.75, 3.05) is 6.61 Å². The SMILES string of the molecule is CCOc1ccc(CC(=O)NC(C)C(C)C(=O)O)cc1. The Kier molecular flexibility index (Phi) is 6.03. The van der Waals surface area contributed by atoms with Gasteiger partial charge >= 0.3 is 5.97 Å². The molecule has 0 aliphatic heterocycles. The first-order valence-electron chi connectivity index (χ1n) is 6.68. The Morgan fingerprint density at radius 1 is 1.25 bits per heavy atom. The fraction of sp³-hybridized carbons (Fsp3) is 0.467. The second-order valence-corrected chi connectivity index (χ2v) is 4.74. The van der Waals surface area contributed by atoms with Crippen molar-refractivity contribution in [3.63, 3.8) is 0 Å². The molecule has 0 aliphatic rings. The van der Waals surface area contributed by atoms with Gasteiger partial charge in [0.2, 0.25) is 5.91 Å². The monoisotopic (exact) mass is 279 g/mol. The zero-order valence-corrected chi connectivity index (χ0v) is 12.1. The molecule has 20 heavy (non-hydrogen) atoms. The summed E-state index contributed by atoms with van der Waals surface area (Å²) in [5.74, 6) is -0.947. The number of benzene rings is 1. The third-order valence-corrected chi connectivity index (χ3v) is 3.13. The third kappa shape index (κ3) is 4.91. The highest BCUT2D eigenvalue weighted by Gasteiger charge is 2.20. The molecule has 0 fully saturated rings. The molecule has 110 valence electrons. The van der Waals surface area contributed by atoms with Crippen LogP contribution in [0.4, 0.5) is 0 Å². The molecule has 1 amide bonds. The van der Waals surface area contributed by atoms with E-state index in [0.717, 1.165) is 11.3 Å². The van der Waals surface area contributed by atoms with Crippen molar-refractivity contribution in [1.82, 2.24) is 5.32 Å². The molecule has 0 spiro atoms. The van der Waals surface area contributed by atoms with Crippen molar-refractivity contribution < 1.29 is 19.4 Å². The summed E-state index contributed by atoms with van der Waals surface area (Å²) in [4.78, 5) is 22.6. The number of carboxylic acid groups (broad SMARTS) is 1. The quantitative estimate of drug-likeness (QED) is 0.798. The van der Waals surface area contributed by atoms with E-state index in [4.69, 9.17) is 9.84 Å². The highest BCUT2D eigenvalue weighted by Crippen LogP contribution is 2.12. The van der Waals surface area contributed by atoms with Gasteiger partial charge in [0.05, 0.1) is 18.9 Å². The predicted octanol–water partition coefficient (Wildman–Crippen LogP) is 1.85. The number of rotatable bonds is 7. The summed E-state index contributed by atoms with van der Waals surface area (Å²) < 4.78 is 5.32. The third-order valence-electron chi connectivity index (χ3n) is 3.13. The molecule has 5 nitrogen and oxygen atoms in total. The minimum absolute atomic E-state index is 0.185. The zero-order valence-electron chi connectivity index (χ0n) is 12.1. The first-order valence-corrected chi connectivity index (χ1v) is 6.68. The van der Waals surface area contributed by atoms with Crippen LogP contribution in [-0.2, 0) is 16.0 Å². The van der Waals surface area contributed by atoms with E-state index in [1.54, 1.807) is 13.8 Å². The first kappa shape index (κ1) is 16.0. The number of hydrogen-bond donors (Lipinski definition) is 2. The topological polar surface area (TPSA) is 75.6 Å². The lowest BCUT2D eigenvalue weighted by Gasteiger charge is -2.17. The van der Waals surface area contributed by atoms with E-state index in [2.05, 4.69) is 5.32 Å². The van der Waals surface area contributed by atoms with Gasteiger partial charge in [0, 0.05) is 6.04 Å². The van der Waals surface area contributed by atoms with Gasteiger partial charge in [0.25, 0.3) is 0 Å². The lowest BCUT2D eigenvalue weighted by Crippen LogP contribution is -2.40. The van der Waals surface area contributed by atoms with Gasteiger partial charge < -0.3 is 15.2 Å². The number of carbonyl (C=O) groups excluding carboxylic acids is 1. The molecule has 5 heteroatoms. The van der Waals surface area contributed by atoms with Crippen LogP contribution in [0.15, 0.2) is 24.3 Å². The van der Waals surface area contributed by atoms with Crippen LogP contribution in [0.2, 0.25) is 0 Å². The predicted molar refractivity (Wildman–Crippen MR) is 75.7 cm³/mol. The van der Waals surface area contributed by atoms with Gasteiger partial charge in [-0.05, 0) is 38.5 Å². The van der Waals surface area contributed by atoms with E-state index in [9.17, 15) is 9.59 Å². The van der Waals surface area contributed by atoms with Crippen LogP contribution in [0.5, 0.6) is 5.75 Å². The molecule has 1 aromatic carbocycles. The Morgan fingerprint density at radius 2 is 1.85 bits per heavy atom. The van der Waals surface area contributed by atoms with Crippen LogP contribution < -0.4 is 10.1 Å². The second-order valence-electron chi connectivity index (χ2n) is 4.74. The summed E-state index contributed by atoms with van der Waals surface area (Å²) in [6.07, 6.45) is 0.225. The number of hydrogen-bond acceptors (Lipinski definition) is 3. The second kappa shape index (κ2) is 7.53. The number of carbonyl (C=O) groups is 2. The lowest BCUT2D eigenvalue weighted by molar-refractivity contribution is -0.142. The maximum absolute atomic E-state index is 11.8. The standard InChI is InChI=1S/C15H21NO4/c1-4-20-13-7-5-12(6-8-13)9-14(17)16-11(3)10(2)15(18)19/h5-8,10-11H,4,9H2,1-3H3,(H,16,17)(H,18,19). The molecule has 2 N–H and O–H groups in total. The van der Waals surface area contributed by atoms with E-state index < -0.39 is 17.9 Å². The maximum atomic E-state index is 11.8. The van der Waals surface area contributed by atoms with E-state index >= 15 is 0 Å². The summed E-state index contributed by atoms with van der Waals surface area (Å²) in [7, 11) is 0. The average Bonchev–Trinajstić information content (AvgIpc) is 2.40. The largest absolute Gasteiger partial charge is 0.494 e. The van der Waals surface area contributed by atoms with Crippen molar-refractivity contribution >= 4 is 11.9 Å². The van der Waals surface area contributed by atoms with Gasteiger partial charge in [-0.25, -0.2) is 0 Å². The van der Waals surface area contributed by atoms with Crippen LogP contribution in [0.25, 0.3) is 0 Å². The van der Waals surface area contributed by atoms with Gasteiger partial charge in [-0.3, -0.25) is 9.59 Å². The number of nitrogens with one attached hydrogen (secondary N) is 1. The smallest absolute Gasteiger partial charge is 0.308 e. The Labute approximate surface area is 118 Å². The first-order chi connectivity index (χ1) is 9.43. The number of carboxylic acids is 1. The Hall–Kier alpha value is -2.04. The van der Waals surface area contributed by atoms with E-state index in [1.807, 2.05) is 31.2 Å². The summed E-state index contributed by atoms with van der Waals surface area (Å²) in [5, 5.41) is 11.6. The summed E-state index contributed by atoms with van der Waals surface area (Å²) in [6.45, 7) is 5.77. The number of aliphatic carboxylic acids is 1. The van der Waals surface area contributed by atoms with Gasteiger partial charge in [0.1, 0.15) is 5.75 Å². The molecule has 0 heterocycles. The normalized spacial score (nSPS) is 13.3. The number of ether oxygens (including phenoxy) is 1. The lowest BCUT2D eigenvalue weighted by atomic mass is 10.0. The molecule has 0 saturated carbocycles. The molecule has 2 unspecified atom stereocenters. The van der Waals surface area contributed by atoms with Crippen LogP contribution in [-0.4, -0.2) is 29.6 Å². The van der Waals surface area contributed by atoms with Gasteiger partial charge in [0.15, 0.2) is 0 Å². The van der Waals surface area contributed by atoms with Crippen LogP contribution >= 0.6 is 0 Å². The highest BCUT2D eigenvalue weighted by atomic mass is 16.5. The van der Waals surface area contributed by atoms with Gasteiger partial charge in [-0.15, -0.1) is 0 Å². The fourth-order valence-corrected chi connectivity index (χ4v) is 1.70. The van der Waals surface area contributed by atoms with Crippen molar-refractivity contribution in [3.8, 4) is 5.75 Å². The molecule has 0 bridgehead atoms. The summed E-state index contributed by atoms with van der Waals surface area (Å²) >= 11 is 0. The van der Waals surface area contributed by atoms with Crippen LogP contribution in [0.3, 0.4) is 0 Å². The minimum Gasteiger partial charge on any atom is -0.494 e. The molecule has 1 rings (SSSR count). The molecular weight excluding hydrogens is 258 g/mol. The van der Waals surface area contributed by atoms with Crippen molar-refractivity contribution in [3.05, 3.63) is 29.8 Å². The Balaban J connectivity index is 2.51. The van der Waals surface area contributed by atoms with E-state index in [-0.39, 0.29) is 12.3 Å². The molecule has 1 aromatic rings. The van der Waals surface area contributed by atoms with Crippen LogP contribution in [0.1, 0.15) is 26.3 Å². The van der Waals surface area contributed by atoms with Gasteiger partial charge in [-0.2, -0.15) is 0 Å². The Morgan fingerprint density at radius 3 is 2.35 bits per heavy atom. The molecule has 0 saturated heterocycles. The fourth-order valence-electron chi connectivity index (χ4n) is 1.70. The molecule has 0 aromatic heterocycles.